The SMILES string of the molecule is [CH3][Ge]([CH3])([CH3])[c]1ccc2c(c1)oc1c(-c3nc4nc5ccccc5nc4n3-c3ccccc3)[c-]ccc12.[Ir].[c-]1ccccc1-c1ccccn1. The summed E-state index contributed by atoms with van der Waals surface area (Å²) in [5, 5.41) is 2.17. The van der Waals surface area contributed by atoms with Crippen LogP contribution in [-0.4, -0.2) is 37.8 Å². The average molecular weight is 875 g/mol. The van der Waals surface area contributed by atoms with Crippen LogP contribution >= 0.6 is 0 Å². The summed E-state index contributed by atoms with van der Waals surface area (Å²) < 4.78 is 10.0. The molecule has 0 saturated carbocycles. The zero-order valence-corrected chi connectivity index (χ0v) is 31.7. The van der Waals surface area contributed by atoms with Gasteiger partial charge in [-0.1, -0.05) is 24.3 Å². The van der Waals surface area contributed by atoms with E-state index in [9.17, 15) is 0 Å². The number of hydrogen-bond acceptors (Lipinski definition) is 5. The molecule has 0 fully saturated rings. The number of fused-ring (bicyclic) bond motifs is 5. The second-order valence-corrected chi connectivity index (χ2v) is 23.3. The molecule has 0 aliphatic heterocycles. The molecule has 4 aromatic heterocycles. The van der Waals surface area contributed by atoms with Gasteiger partial charge in [0.2, 0.25) is 0 Å². The van der Waals surface area contributed by atoms with Gasteiger partial charge in [0.1, 0.15) is 0 Å². The average Bonchev–Trinajstić information content (AvgIpc) is 3.69. The summed E-state index contributed by atoms with van der Waals surface area (Å²) in [4.78, 5) is 19.0. The molecule has 0 spiro atoms. The van der Waals surface area contributed by atoms with Gasteiger partial charge in [0.05, 0.1) is 0 Å². The summed E-state index contributed by atoms with van der Waals surface area (Å²) in [5.41, 5.74) is 8.42. The van der Waals surface area contributed by atoms with Gasteiger partial charge in [-0.05, 0) is 11.8 Å². The smallest absolute Gasteiger partial charge is 0.0160 e. The van der Waals surface area contributed by atoms with E-state index < -0.39 is 13.3 Å². The predicted octanol–water partition coefficient (Wildman–Crippen LogP) is 9.43. The van der Waals surface area contributed by atoms with Crippen LogP contribution in [0.25, 0.3) is 72.6 Å². The zero-order chi connectivity index (χ0) is 32.7. The quantitative estimate of drug-likeness (QED) is 0.130. The second-order valence-electron chi connectivity index (χ2n) is 12.6. The van der Waals surface area contributed by atoms with E-state index in [0.29, 0.717) is 17.1 Å². The van der Waals surface area contributed by atoms with Gasteiger partial charge in [0.25, 0.3) is 0 Å². The maximum atomic E-state index is 6.54. The molecule has 0 amide bonds. The van der Waals surface area contributed by atoms with Gasteiger partial charge in [0, 0.05) is 26.3 Å². The fourth-order valence-corrected chi connectivity index (χ4v) is 8.30. The largest absolute Gasteiger partial charge is 0.305 e. The standard InChI is InChI=1S/C30H23GeN4O.C11H8N.Ir/c1-31(2,3)19-16-17-21-22-12-9-13-23(27(22)36-26(21)18-19)29-34-28-30(35(29)20-10-5-4-6-11-20)33-25-15-8-7-14-24(25)32-28;1-2-6-10(7-3-1)11-8-4-5-9-12-11;/h4-12,14-18H,1-3H3;1-6,8-9H;/q2*-1;. The number of benzene rings is 5. The van der Waals surface area contributed by atoms with Crippen LogP contribution in [0.3, 0.4) is 0 Å². The molecule has 0 unspecified atom stereocenters. The molecular weight excluding hydrogens is 843 g/mol. The third kappa shape index (κ3) is 6.33. The molecule has 241 valence electrons. The van der Waals surface area contributed by atoms with E-state index in [1.807, 2.05) is 91.0 Å². The van der Waals surface area contributed by atoms with E-state index in [4.69, 9.17) is 19.4 Å². The number of nitrogens with zero attached hydrogens (tertiary/aromatic N) is 5. The fourth-order valence-electron chi connectivity index (χ4n) is 5.90. The summed E-state index contributed by atoms with van der Waals surface area (Å²) in [6.07, 6.45) is 1.79. The first-order valence-corrected chi connectivity index (χ1v) is 23.2. The summed E-state index contributed by atoms with van der Waals surface area (Å²) in [7, 11) is 0. The Balaban J connectivity index is 0.000000246. The van der Waals surface area contributed by atoms with Gasteiger partial charge in [-0.15, -0.1) is 35.9 Å². The Morgan fingerprint density at radius 1 is 0.673 bits per heavy atom. The summed E-state index contributed by atoms with van der Waals surface area (Å²) in [6.45, 7) is 0. The molecule has 0 bridgehead atoms. The van der Waals surface area contributed by atoms with Crippen LogP contribution < -0.4 is 4.40 Å². The van der Waals surface area contributed by atoms with E-state index in [0.717, 1.165) is 55.5 Å². The Hall–Kier alpha value is -4.95. The van der Waals surface area contributed by atoms with Crippen molar-refractivity contribution in [3.8, 4) is 28.3 Å². The third-order valence-electron chi connectivity index (χ3n) is 8.36. The van der Waals surface area contributed by atoms with Gasteiger partial charge in [-0.3, -0.25) is 0 Å². The molecule has 5 aromatic carbocycles. The maximum absolute atomic E-state index is 6.54. The van der Waals surface area contributed by atoms with Crippen LogP contribution in [0.1, 0.15) is 0 Å². The van der Waals surface area contributed by atoms with Crippen molar-refractivity contribution in [2.75, 3.05) is 0 Å². The number of pyridine rings is 1. The monoisotopic (exact) mass is 876 g/mol. The van der Waals surface area contributed by atoms with Crippen molar-refractivity contribution in [3.63, 3.8) is 0 Å². The van der Waals surface area contributed by atoms with Crippen LogP contribution in [0.15, 0.2) is 138 Å². The predicted molar refractivity (Wildman–Crippen MR) is 197 cm³/mol. The molecular formula is C41H31GeIrN5O-2. The van der Waals surface area contributed by atoms with Crippen molar-refractivity contribution in [3.05, 3.63) is 146 Å². The molecule has 49 heavy (non-hydrogen) atoms. The molecule has 4 heterocycles. The number of rotatable bonds is 4. The van der Waals surface area contributed by atoms with Crippen molar-refractivity contribution >= 4 is 61.9 Å². The van der Waals surface area contributed by atoms with Crippen LogP contribution in [0, 0.1) is 12.1 Å². The van der Waals surface area contributed by atoms with E-state index in [1.54, 1.807) is 6.20 Å². The molecule has 0 aliphatic rings. The first-order chi connectivity index (χ1) is 23.4. The number of hydrogen-bond donors (Lipinski definition) is 0. The van der Waals surface area contributed by atoms with Crippen LogP contribution in [-0.2, 0) is 20.1 Å². The maximum Gasteiger partial charge on any atom is 0.0160 e. The van der Waals surface area contributed by atoms with Crippen molar-refractivity contribution in [2.45, 2.75) is 17.3 Å². The molecule has 0 aliphatic carbocycles. The Morgan fingerprint density at radius 3 is 2.16 bits per heavy atom. The third-order valence-corrected chi connectivity index (χ3v) is 12.6. The summed E-state index contributed by atoms with van der Waals surface area (Å²) in [6, 6.07) is 49.0. The Kier molecular flexibility index (Phi) is 8.99. The van der Waals surface area contributed by atoms with Crippen LogP contribution in [0.4, 0.5) is 0 Å². The van der Waals surface area contributed by atoms with Crippen molar-refractivity contribution < 1.29 is 24.5 Å². The van der Waals surface area contributed by atoms with E-state index in [-0.39, 0.29) is 20.1 Å². The second kappa shape index (κ2) is 13.5. The molecule has 9 aromatic rings. The Morgan fingerprint density at radius 2 is 1.43 bits per heavy atom. The topological polar surface area (TPSA) is 69.6 Å². The van der Waals surface area contributed by atoms with Crippen molar-refractivity contribution in [2.24, 2.45) is 0 Å². The summed E-state index contributed by atoms with van der Waals surface area (Å²) in [5.74, 6) is 7.91. The number of para-hydroxylation sites is 3. The molecule has 0 saturated heterocycles. The molecule has 6 nitrogen and oxygen atoms in total. The fraction of sp³-hybridized carbons (Fsp3) is 0.0732. The van der Waals surface area contributed by atoms with E-state index in [1.165, 1.54) is 4.40 Å². The molecule has 9 rings (SSSR count). The van der Waals surface area contributed by atoms with E-state index in [2.05, 4.69) is 75.4 Å². The molecule has 0 atom stereocenters. The number of furan rings is 1. The van der Waals surface area contributed by atoms with E-state index >= 15 is 0 Å². The van der Waals surface area contributed by atoms with Gasteiger partial charge in [0.15, 0.2) is 0 Å². The minimum absolute atomic E-state index is 0. The normalized spacial score (nSPS) is 11.4. The van der Waals surface area contributed by atoms with Crippen LogP contribution in [0.2, 0.25) is 17.3 Å². The van der Waals surface area contributed by atoms with Gasteiger partial charge in [-0.2, -0.15) is 0 Å². The summed E-state index contributed by atoms with van der Waals surface area (Å²) >= 11 is -2.00. The van der Waals surface area contributed by atoms with Gasteiger partial charge in [-0.25, -0.2) is 0 Å². The molecule has 1 radical (unpaired) electrons. The minimum Gasteiger partial charge on any atom is -0.305 e. The van der Waals surface area contributed by atoms with Gasteiger partial charge >= 0.3 is 199 Å². The Labute approximate surface area is 300 Å². The van der Waals surface area contributed by atoms with Crippen LogP contribution in [0.5, 0.6) is 0 Å². The first-order valence-electron chi connectivity index (χ1n) is 15.9. The number of aromatic nitrogens is 5. The zero-order valence-electron chi connectivity index (χ0n) is 27.2. The molecule has 0 N–H and O–H groups in total. The van der Waals surface area contributed by atoms with Crippen molar-refractivity contribution in [1.82, 2.24) is 24.5 Å². The minimum atomic E-state index is -2.00. The first kappa shape index (κ1) is 32.6. The van der Waals surface area contributed by atoms with Crippen molar-refractivity contribution in [1.29, 1.82) is 0 Å². The Bertz CT molecular complexity index is 2510. The molecule has 8 heteroatoms. The number of imidazole rings is 1. The van der Waals surface area contributed by atoms with Gasteiger partial charge < -0.3 is 4.98 Å².